The van der Waals surface area contributed by atoms with E-state index in [-0.39, 0.29) is 38.0 Å². The molecule has 0 amide bonds. The number of aliphatic hydroxyl groups is 4. The van der Waals surface area contributed by atoms with Gasteiger partial charge in [0.15, 0.2) is 22.7 Å². The number of aromatic nitrogens is 4. The Labute approximate surface area is 282 Å². The summed E-state index contributed by atoms with van der Waals surface area (Å²) in [5, 5.41) is 45.4. The molecular formula is C33H40N8O8. The van der Waals surface area contributed by atoms with Gasteiger partial charge in [0.2, 0.25) is 11.9 Å². The molecule has 0 bridgehead atoms. The van der Waals surface area contributed by atoms with E-state index < -0.39 is 0 Å². The van der Waals surface area contributed by atoms with Gasteiger partial charge in [-0.1, -0.05) is 48.5 Å². The lowest BCUT2D eigenvalue weighted by molar-refractivity contribution is 0.0979. The molecule has 16 nitrogen and oxygen atoms in total. The number of fused-ring (bicyclic) bond motifs is 3. The van der Waals surface area contributed by atoms with Crippen molar-refractivity contribution in [2.75, 3.05) is 80.4 Å². The largest absolute Gasteiger partial charge is 0.395 e. The highest BCUT2D eigenvalue weighted by Crippen LogP contribution is 2.29. The van der Waals surface area contributed by atoms with Crippen molar-refractivity contribution in [2.45, 2.75) is 19.3 Å². The van der Waals surface area contributed by atoms with Crippen LogP contribution in [0.2, 0.25) is 0 Å². The Balaban J connectivity index is 0.000000236. The minimum absolute atomic E-state index is 0.0641. The summed E-state index contributed by atoms with van der Waals surface area (Å²) in [6.45, 7) is 2.66. The molecule has 2 aromatic heterocycles. The number of carbonyl (C=O) groups is 2. The van der Waals surface area contributed by atoms with Crippen molar-refractivity contribution in [1.82, 2.24) is 19.9 Å². The highest BCUT2D eigenvalue weighted by Gasteiger charge is 2.28. The minimum Gasteiger partial charge on any atom is -0.395 e. The van der Waals surface area contributed by atoms with Crippen LogP contribution in [0.25, 0.3) is 11.0 Å². The Kier molecular flexibility index (Phi) is 13.8. The summed E-state index contributed by atoms with van der Waals surface area (Å²) >= 11 is 0. The van der Waals surface area contributed by atoms with E-state index in [0.29, 0.717) is 77.2 Å². The van der Waals surface area contributed by atoms with E-state index in [0.717, 1.165) is 25.9 Å². The van der Waals surface area contributed by atoms with E-state index in [1.54, 1.807) is 64.5 Å². The third kappa shape index (κ3) is 8.85. The molecule has 0 atom stereocenters. The number of rotatable bonds is 11. The zero-order chi connectivity index (χ0) is 35.2. The molecule has 49 heavy (non-hydrogen) atoms. The number of nitrogens with zero attached hydrogens (tertiary/aromatic N) is 8. The third-order valence-corrected chi connectivity index (χ3v) is 7.93. The fraction of sp³-hybridized carbons (Fsp3) is 0.394. The van der Waals surface area contributed by atoms with Gasteiger partial charge in [0.1, 0.15) is 11.0 Å². The van der Waals surface area contributed by atoms with Crippen LogP contribution in [0.15, 0.2) is 60.1 Å². The van der Waals surface area contributed by atoms with Crippen LogP contribution >= 0.6 is 0 Å². The van der Waals surface area contributed by atoms with Crippen LogP contribution in [0.4, 0.5) is 17.7 Å². The molecule has 4 aromatic rings. The van der Waals surface area contributed by atoms with Crippen molar-refractivity contribution in [3.05, 3.63) is 81.9 Å². The molecule has 6 rings (SSSR count). The first kappa shape index (κ1) is 36.7. The number of piperidine rings is 1. The molecule has 0 unspecified atom stereocenters. The molecule has 2 aromatic carbocycles. The van der Waals surface area contributed by atoms with E-state index in [1.165, 1.54) is 11.8 Å². The van der Waals surface area contributed by atoms with Crippen LogP contribution in [-0.2, 0) is 0 Å². The second-order valence-corrected chi connectivity index (χ2v) is 11.0. The first-order valence-corrected chi connectivity index (χ1v) is 15.9. The van der Waals surface area contributed by atoms with Crippen LogP contribution in [0.3, 0.4) is 0 Å². The number of benzene rings is 2. The van der Waals surface area contributed by atoms with Crippen molar-refractivity contribution in [3.63, 3.8) is 0 Å². The Bertz CT molecular complexity index is 1600. The molecule has 5 N–H and O–H groups in total. The maximum Gasteiger partial charge on any atom is 0.228 e. The Morgan fingerprint density at radius 1 is 0.653 bits per heavy atom. The molecule has 1 aliphatic carbocycles. The van der Waals surface area contributed by atoms with Gasteiger partial charge in [0.05, 0.1) is 32.6 Å². The molecule has 1 fully saturated rings. The van der Waals surface area contributed by atoms with E-state index >= 15 is 0 Å². The van der Waals surface area contributed by atoms with Gasteiger partial charge in [0.25, 0.3) is 0 Å². The van der Waals surface area contributed by atoms with Gasteiger partial charge in [-0.25, -0.2) is 15.0 Å². The Morgan fingerprint density at radius 3 is 1.51 bits per heavy atom. The second-order valence-electron chi connectivity index (χ2n) is 11.0. The molecule has 1 aliphatic heterocycles. The van der Waals surface area contributed by atoms with Crippen molar-refractivity contribution >= 4 is 40.3 Å². The van der Waals surface area contributed by atoms with Gasteiger partial charge in [-0.05, 0) is 19.3 Å². The first-order valence-electron chi connectivity index (χ1n) is 15.9. The predicted molar refractivity (Wildman–Crippen MR) is 181 cm³/mol. The summed E-state index contributed by atoms with van der Waals surface area (Å²) in [5.41, 5.74) is 3.20. The van der Waals surface area contributed by atoms with Crippen molar-refractivity contribution < 1.29 is 35.2 Å². The molecule has 260 valence electrons. The maximum atomic E-state index is 12.1. The van der Waals surface area contributed by atoms with Gasteiger partial charge >= 0.3 is 0 Å². The Hall–Kier alpha value is -5.16. The molecule has 1 saturated heterocycles. The lowest BCUT2D eigenvalue weighted by atomic mass is 9.84. The fourth-order valence-corrected chi connectivity index (χ4v) is 5.67. The smallest absolute Gasteiger partial charge is 0.228 e. The molecule has 3 heterocycles. The summed E-state index contributed by atoms with van der Waals surface area (Å²) in [7, 11) is 0. The number of carbonyl (C=O) groups excluding carboxylic acids is 2. The van der Waals surface area contributed by atoms with E-state index in [9.17, 15) is 30.0 Å². The molecule has 0 saturated carbocycles. The molecule has 16 heteroatoms. The number of aliphatic hydroxyl groups excluding tert-OH is 4. The van der Waals surface area contributed by atoms with Crippen molar-refractivity contribution in [2.24, 2.45) is 5.34 Å². The topological polar surface area (TPSA) is 226 Å². The van der Waals surface area contributed by atoms with Gasteiger partial charge < -0.3 is 40.3 Å². The van der Waals surface area contributed by atoms with Crippen molar-refractivity contribution in [3.8, 4) is 0 Å². The van der Waals surface area contributed by atoms with Gasteiger partial charge in [0, 0.05) is 61.5 Å². The number of anilines is 3. The lowest BCUT2D eigenvalue weighted by Gasteiger charge is -2.30. The van der Waals surface area contributed by atoms with Gasteiger partial charge in [-0.3, -0.25) is 9.59 Å². The summed E-state index contributed by atoms with van der Waals surface area (Å²) in [6.07, 6.45) is 4.93. The van der Waals surface area contributed by atoms with Gasteiger partial charge in [-0.2, -0.15) is 4.98 Å². The third-order valence-electron chi connectivity index (χ3n) is 7.93. The average Bonchev–Trinajstić information content (AvgIpc) is 3.14. The summed E-state index contributed by atoms with van der Waals surface area (Å²) in [4.78, 5) is 56.4. The summed E-state index contributed by atoms with van der Waals surface area (Å²) < 4.78 is 0. The number of ketones is 2. The maximum absolute atomic E-state index is 12.1. The fourth-order valence-electron chi connectivity index (χ4n) is 5.67. The highest BCUT2D eigenvalue weighted by atomic mass is 16.6. The van der Waals surface area contributed by atoms with E-state index in [1.807, 2.05) is 0 Å². The standard InChI is InChI=1S/C19H31N7O4.C14H8O2.HNO2/c27-10-6-25(7-11-28)18-20-14-15-16(22-18)17(24-4-2-1-3-5-24)23-19(21-15)26(8-12-29)9-13-30;15-13-9-5-1-2-6-10(9)14(16)12-8-4-3-7-11(12)13;2-1-3/h14,27-30H,1-13H2;1-8H;(H,2,3). The molecular weight excluding hydrogens is 636 g/mol. The quantitative estimate of drug-likeness (QED) is 0.0989. The summed E-state index contributed by atoms with van der Waals surface area (Å²) in [5.74, 6) is 1.40. The lowest BCUT2D eigenvalue weighted by Crippen LogP contribution is -2.34. The summed E-state index contributed by atoms with van der Waals surface area (Å²) in [6, 6.07) is 13.9. The van der Waals surface area contributed by atoms with E-state index in [4.69, 9.17) is 15.1 Å². The molecule has 0 radical (unpaired) electrons. The number of hydrogen-bond acceptors (Lipinski definition) is 15. The van der Waals surface area contributed by atoms with Crippen LogP contribution in [-0.4, -0.2) is 123 Å². The van der Waals surface area contributed by atoms with Gasteiger partial charge in [-0.15, -0.1) is 4.91 Å². The first-order chi connectivity index (χ1) is 23.9. The Morgan fingerprint density at radius 2 is 1.08 bits per heavy atom. The second kappa shape index (κ2) is 18.4. The number of hydrogen-bond donors (Lipinski definition) is 5. The molecule has 0 spiro atoms. The zero-order valence-corrected chi connectivity index (χ0v) is 26.9. The predicted octanol–water partition coefficient (Wildman–Crippen LogP) is 1.60. The van der Waals surface area contributed by atoms with Crippen molar-refractivity contribution in [1.29, 1.82) is 0 Å². The van der Waals surface area contributed by atoms with Crippen LogP contribution in [0.5, 0.6) is 0 Å². The SMILES string of the molecule is O=C1c2ccccc2C(=O)c2ccccc21.O=NO.OCCN(CCO)c1nc(N2CCCCC2)c2nc(N(CCO)CCO)ncc2n1. The normalized spacial score (nSPS) is 13.3. The van der Waals surface area contributed by atoms with Crippen LogP contribution < -0.4 is 14.7 Å². The highest BCUT2D eigenvalue weighted by molar-refractivity contribution is 6.28. The minimum atomic E-state index is -0.0763. The van der Waals surface area contributed by atoms with Crippen LogP contribution in [0.1, 0.15) is 51.1 Å². The van der Waals surface area contributed by atoms with Crippen LogP contribution in [0, 0.1) is 4.91 Å². The van der Waals surface area contributed by atoms with E-state index in [2.05, 4.69) is 19.9 Å². The average molecular weight is 677 g/mol. The zero-order valence-electron chi connectivity index (χ0n) is 26.9. The molecule has 2 aliphatic rings. The monoisotopic (exact) mass is 676 g/mol.